The highest BCUT2D eigenvalue weighted by atomic mass is 16.5. The zero-order valence-electron chi connectivity index (χ0n) is 8.57. The number of rotatable bonds is 7. The Kier molecular flexibility index (Phi) is 5.29. The fraction of sp³-hybridized carbons (Fsp3) is 0.600. The minimum absolute atomic E-state index is 0.0923. The molecule has 0 atom stereocenters. The zero-order chi connectivity index (χ0) is 10.2. The van der Waals surface area contributed by atoms with Crippen LogP contribution in [0.5, 0.6) is 0 Å². The van der Waals surface area contributed by atoms with Gasteiger partial charge in [-0.05, 0) is 19.2 Å². The van der Waals surface area contributed by atoms with Crippen molar-refractivity contribution in [3.05, 3.63) is 24.0 Å². The van der Waals surface area contributed by atoms with Crippen LogP contribution in [0.4, 0.5) is 0 Å². The molecular formula is C10H18N2O2. The van der Waals surface area contributed by atoms with Gasteiger partial charge in [-0.25, -0.2) is 0 Å². The van der Waals surface area contributed by atoms with Gasteiger partial charge in [0.05, 0.1) is 19.8 Å². The summed E-state index contributed by atoms with van der Waals surface area (Å²) < 4.78 is 7.34. The van der Waals surface area contributed by atoms with E-state index in [-0.39, 0.29) is 6.61 Å². The first-order chi connectivity index (χ1) is 6.88. The van der Waals surface area contributed by atoms with Gasteiger partial charge in [-0.2, -0.15) is 0 Å². The summed E-state index contributed by atoms with van der Waals surface area (Å²) in [7, 11) is 1.93. The Hall–Kier alpha value is -0.840. The fourth-order valence-electron chi connectivity index (χ4n) is 1.34. The minimum Gasteiger partial charge on any atom is -0.394 e. The minimum atomic E-state index is 0.0923. The Morgan fingerprint density at radius 3 is 3.07 bits per heavy atom. The lowest BCUT2D eigenvalue weighted by Crippen LogP contribution is -2.14. The molecule has 2 N–H and O–H groups in total. The van der Waals surface area contributed by atoms with Gasteiger partial charge >= 0.3 is 0 Å². The standard InChI is InChI=1S/C10H18N2O2/c1-11-9-10-3-2-4-12(10)5-7-14-8-6-13/h2-4,11,13H,5-9H2,1H3. The van der Waals surface area contributed by atoms with Gasteiger partial charge in [0.15, 0.2) is 0 Å². The second kappa shape index (κ2) is 6.59. The highest BCUT2D eigenvalue weighted by Crippen LogP contribution is 2.01. The number of aromatic nitrogens is 1. The van der Waals surface area contributed by atoms with Crippen LogP contribution in [0.15, 0.2) is 18.3 Å². The van der Waals surface area contributed by atoms with Gasteiger partial charge in [-0.15, -0.1) is 0 Å². The Morgan fingerprint density at radius 1 is 1.50 bits per heavy atom. The fourth-order valence-corrected chi connectivity index (χ4v) is 1.34. The normalized spacial score (nSPS) is 10.7. The number of nitrogens with one attached hydrogen (secondary N) is 1. The first kappa shape index (κ1) is 11.2. The highest BCUT2D eigenvalue weighted by molar-refractivity contribution is 5.06. The van der Waals surface area contributed by atoms with Gasteiger partial charge < -0.3 is 19.7 Å². The third-order valence-electron chi connectivity index (χ3n) is 1.99. The largest absolute Gasteiger partial charge is 0.394 e. The summed E-state index contributed by atoms with van der Waals surface area (Å²) in [5.74, 6) is 0. The maximum atomic E-state index is 8.52. The van der Waals surface area contributed by atoms with Crippen molar-refractivity contribution in [1.29, 1.82) is 0 Å². The topological polar surface area (TPSA) is 46.4 Å². The molecule has 0 saturated heterocycles. The predicted molar refractivity (Wildman–Crippen MR) is 55.1 cm³/mol. The van der Waals surface area contributed by atoms with Crippen molar-refractivity contribution in [2.45, 2.75) is 13.1 Å². The number of aliphatic hydroxyl groups is 1. The molecule has 0 aliphatic heterocycles. The van der Waals surface area contributed by atoms with Crippen molar-refractivity contribution >= 4 is 0 Å². The summed E-state index contributed by atoms with van der Waals surface area (Å²) in [5, 5.41) is 11.6. The summed E-state index contributed by atoms with van der Waals surface area (Å²) >= 11 is 0. The molecule has 0 aromatic carbocycles. The summed E-state index contributed by atoms with van der Waals surface area (Å²) in [6.07, 6.45) is 2.04. The Bertz CT molecular complexity index is 248. The lowest BCUT2D eigenvalue weighted by Gasteiger charge is -2.08. The lowest BCUT2D eigenvalue weighted by atomic mass is 10.4. The molecule has 0 spiro atoms. The van der Waals surface area contributed by atoms with Crippen LogP contribution in [0, 0.1) is 0 Å². The van der Waals surface area contributed by atoms with E-state index in [1.807, 2.05) is 19.3 Å². The number of ether oxygens (including phenoxy) is 1. The van der Waals surface area contributed by atoms with Gasteiger partial charge in [-0.3, -0.25) is 0 Å². The number of nitrogens with zero attached hydrogens (tertiary/aromatic N) is 1. The number of aliphatic hydroxyl groups excluding tert-OH is 1. The van der Waals surface area contributed by atoms with Crippen molar-refractivity contribution in [3.63, 3.8) is 0 Å². The molecule has 0 unspecified atom stereocenters. The van der Waals surface area contributed by atoms with E-state index in [2.05, 4.69) is 16.0 Å². The van der Waals surface area contributed by atoms with Crippen molar-refractivity contribution in [2.75, 3.05) is 26.9 Å². The van der Waals surface area contributed by atoms with E-state index < -0.39 is 0 Å². The first-order valence-electron chi connectivity index (χ1n) is 4.85. The molecule has 0 saturated carbocycles. The summed E-state index contributed by atoms with van der Waals surface area (Å²) in [6.45, 7) is 2.86. The highest BCUT2D eigenvalue weighted by Gasteiger charge is 1.98. The van der Waals surface area contributed by atoms with Crippen LogP contribution in [-0.4, -0.2) is 36.5 Å². The molecule has 1 aromatic rings. The molecule has 0 aliphatic rings. The predicted octanol–water partition coefficient (Wildman–Crippen LogP) is 0.216. The maximum Gasteiger partial charge on any atom is 0.0698 e. The molecule has 80 valence electrons. The summed E-state index contributed by atoms with van der Waals surface area (Å²) in [4.78, 5) is 0. The molecule has 4 nitrogen and oxygen atoms in total. The average molecular weight is 198 g/mol. The van der Waals surface area contributed by atoms with Crippen LogP contribution >= 0.6 is 0 Å². The van der Waals surface area contributed by atoms with Crippen molar-refractivity contribution in [3.8, 4) is 0 Å². The van der Waals surface area contributed by atoms with Crippen LogP contribution in [-0.2, 0) is 17.8 Å². The first-order valence-corrected chi connectivity index (χ1v) is 4.85. The Balaban J connectivity index is 2.30. The molecule has 0 bridgehead atoms. The SMILES string of the molecule is CNCc1cccn1CCOCCO. The van der Waals surface area contributed by atoms with Crippen LogP contribution in [0.3, 0.4) is 0 Å². The lowest BCUT2D eigenvalue weighted by molar-refractivity contribution is 0.0867. The zero-order valence-corrected chi connectivity index (χ0v) is 8.57. The van der Waals surface area contributed by atoms with E-state index >= 15 is 0 Å². The quantitative estimate of drug-likeness (QED) is 0.616. The van der Waals surface area contributed by atoms with Gasteiger partial charge in [0.2, 0.25) is 0 Å². The van der Waals surface area contributed by atoms with E-state index in [1.54, 1.807) is 0 Å². The van der Waals surface area contributed by atoms with Crippen LogP contribution in [0.2, 0.25) is 0 Å². The van der Waals surface area contributed by atoms with E-state index in [9.17, 15) is 0 Å². The van der Waals surface area contributed by atoms with Crippen molar-refractivity contribution in [1.82, 2.24) is 9.88 Å². The summed E-state index contributed by atoms with van der Waals surface area (Å²) in [6, 6.07) is 4.11. The monoisotopic (exact) mass is 198 g/mol. The van der Waals surface area contributed by atoms with E-state index in [1.165, 1.54) is 5.69 Å². The Labute approximate surface area is 84.5 Å². The van der Waals surface area contributed by atoms with Crippen molar-refractivity contribution in [2.24, 2.45) is 0 Å². The van der Waals surface area contributed by atoms with Gasteiger partial charge in [0.1, 0.15) is 0 Å². The Morgan fingerprint density at radius 2 is 2.36 bits per heavy atom. The van der Waals surface area contributed by atoms with E-state index in [0.29, 0.717) is 13.2 Å². The molecule has 0 fully saturated rings. The summed E-state index contributed by atoms with van der Waals surface area (Å²) in [5.41, 5.74) is 1.25. The molecule has 0 aliphatic carbocycles. The second-order valence-electron chi connectivity index (χ2n) is 3.06. The molecule has 1 aromatic heterocycles. The maximum absolute atomic E-state index is 8.52. The molecule has 1 rings (SSSR count). The second-order valence-corrected chi connectivity index (χ2v) is 3.06. The smallest absolute Gasteiger partial charge is 0.0698 e. The van der Waals surface area contributed by atoms with Gasteiger partial charge in [0.25, 0.3) is 0 Å². The molecule has 1 heterocycles. The number of hydrogen-bond acceptors (Lipinski definition) is 3. The molecular weight excluding hydrogens is 180 g/mol. The third-order valence-corrected chi connectivity index (χ3v) is 1.99. The molecule has 4 heteroatoms. The van der Waals surface area contributed by atoms with Gasteiger partial charge in [-0.1, -0.05) is 0 Å². The average Bonchev–Trinajstić information content (AvgIpc) is 2.61. The van der Waals surface area contributed by atoms with E-state index in [0.717, 1.165) is 13.1 Å². The van der Waals surface area contributed by atoms with Crippen LogP contribution in [0.1, 0.15) is 5.69 Å². The number of hydrogen-bond donors (Lipinski definition) is 2. The third kappa shape index (κ3) is 3.49. The van der Waals surface area contributed by atoms with Crippen LogP contribution in [0.25, 0.3) is 0 Å². The molecule has 0 amide bonds. The van der Waals surface area contributed by atoms with Crippen molar-refractivity contribution < 1.29 is 9.84 Å². The van der Waals surface area contributed by atoms with Gasteiger partial charge in [0, 0.05) is 25.0 Å². The van der Waals surface area contributed by atoms with Crippen LogP contribution < -0.4 is 5.32 Å². The molecule has 14 heavy (non-hydrogen) atoms. The van der Waals surface area contributed by atoms with E-state index in [4.69, 9.17) is 9.84 Å². The molecule has 0 radical (unpaired) electrons.